The van der Waals surface area contributed by atoms with Crippen LogP contribution in [0.15, 0.2) is 36.4 Å². The topological polar surface area (TPSA) is 9.23 Å². The van der Waals surface area contributed by atoms with Gasteiger partial charge in [-0.05, 0) is 60.1 Å². The molecule has 0 saturated heterocycles. The maximum atomic E-state index is 14.5. The highest BCUT2D eigenvalue weighted by Gasteiger charge is 2.33. The number of benzene rings is 2. The molecule has 0 saturated carbocycles. The lowest BCUT2D eigenvalue weighted by molar-refractivity contribution is -0.275. The van der Waals surface area contributed by atoms with Gasteiger partial charge < -0.3 is 4.74 Å². The number of fused-ring (bicyclic) bond motifs is 1. The first-order chi connectivity index (χ1) is 12.8. The minimum absolute atomic E-state index is 0.0859. The van der Waals surface area contributed by atoms with E-state index in [4.69, 9.17) is 0 Å². The lowest BCUT2D eigenvalue weighted by Gasteiger charge is -2.20. The third-order valence-electron chi connectivity index (χ3n) is 4.66. The van der Waals surface area contributed by atoms with Crippen LogP contribution < -0.4 is 4.74 Å². The maximum Gasteiger partial charge on any atom is 0.573 e. The molecule has 0 atom stereocenters. The molecule has 1 nitrogen and oxygen atoms in total. The van der Waals surface area contributed by atoms with Crippen LogP contribution >= 0.6 is 0 Å². The summed E-state index contributed by atoms with van der Waals surface area (Å²) < 4.78 is 69.6. The van der Waals surface area contributed by atoms with Crippen molar-refractivity contribution in [1.82, 2.24) is 0 Å². The van der Waals surface area contributed by atoms with E-state index in [1.54, 1.807) is 12.1 Å². The van der Waals surface area contributed by atoms with Gasteiger partial charge in [-0.3, -0.25) is 0 Å². The molecule has 144 valence electrons. The molecular weight excluding hydrogens is 363 g/mol. The van der Waals surface area contributed by atoms with E-state index in [1.165, 1.54) is 12.1 Å². The predicted octanol–water partition coefficient (Wildman–Crippen LogP) is 6.39. The van der Waals surface area contributed by atoms with Gasteiger partial charge in [-0.1, -0.05) is 37.6 Å². The minimum Gasteiger partial charge on any atom is -0.403 e. The largest absolute Gasteiger partial charge is 0.573 e. The van der Waals surface area contributed by atoms with Gasteiger partial charge in [0.15, 0.2) is 11.6 Å². The number of unbranched alkanes of at least 4 members (excludes halogenated alkanes) is 1. The number of rotatable bonds is 5. The molecule has 3 rings (SSSR count). The maximum absolute atomic E-state index is 14.5. The van der Waals surface area contributed by atoms with Crippen LogP contribution in [0.4, 0.5) is 22.0 Å². The van der Waals surface area contributed by atoms with E-state index < -0.39 is 17.9 Å². The van der Waals surface area contributed by atoms with Crippen LogP contribution in [-0.2, 0) is 19.3 Å². The van der Waals surface area contributed by atoms with E-state index in [0.717, 1.165) is 30.9 Å². The van der Waals surface area contributed by atoms with Crippen LogP contribution in [-0.4, -0.2) is 6.36 Å². The summed E-state index contributed by atoms with van der Waals surface area (Å²) in [5.41, 5.74) is 2.76. The van der Waals surface area contributed by atoms with Crippen LogP contribution in [0, 0.1) is 11.6 Å². The number of ether oxygens (including phenoxy) is 1. The van der Waals surface area contributed by atoms with E-state index in [0.29, 0.717) is 16.7 Å². The van der Waals surface area contributed by atoms with E-state index in [2.05, 4.69) is 11.7 Å². The van der Waals surface area contributed by atoms with E-state index in [9.17, 15) is 22.0 Å². The molecular formula is C21H19F5O. The fourth-order valence-electron chi connectivity index (χ4n) is 3.29. The molecule has 0 unspecified atom stereocenters. The van der Waals surface area contributed by atoms with Crippen LogP contribution in [0.1, 0.15) is 42.0 Å². The average Bonchev–Trinajstić information content (AvgIpc) is 2.61. The van der Waals surface area contributed by atoms with Crippen molar-refractivity contribution in [3.8, 4) is 5.75 Å². The summed E-state index contributed by atoms with van der Waals surface area (Å²) in [4.78, 5) is 0. The standard InChI is InChI=1S/C21H19F5O/c1-2-3-4-13-5-8-16(18(22)11-13)14-6-9-17-15(12-14)7-10-19(20(17)23)27-21(24,25)26/h5-8,10-11H,2-4,9,12H2,1H3. The van der Waals surface area contributed by atoms with Crippen LogP contribution in [0.3, 0.4) is 0 Å². The second kappa shape index (κ2) is 7.71. The first-order valence-electron chi connectivity index (χ1n) is 8.82. The van der Waals surface area contributed by atoms with Crippen LogP contribution in [0.25, 0.3) is 5.57 Å². The zero-order valence-corrected chi connectivity index (χ0v) is 14.8. The van der Waals surface area contributed by atoms with Crippen molar-refractivity contribution in [2.45, 2.75) is 45.4 Å². The second-order valence-corrected chi connectivity index (χ2v) is 6.59. The number of aryl methyl sites for hydroxylation is 1. The Balaban J connectivity index is 1.83. The molecule has 0 amide bonds. The van der Waals surface area contributed by atoms with Crippen LogP contribution in [0.2, 0.25) is 0 Å². The Morgan fingerprint density at radius 3 is 2.52 bits per heavy atom. The second-order valence-electron chi connectivity index (χ2n) is 6.59. The van der Waals surface area contributed by atoms with Gasteiger partial charge in [0.1, 0.15) is 5.82 Å². The number of halogens is 5. The lowest BCUT2D eigenvalue weighted by atomic mass is 9.87. The quantitative estimate of drug-likeness (QED) is 0.545. The fourth-order valence-corrected chi connectivity index (χ4v) is 3.29. The Morgan fingerprint density at radius 1 is 1.07 bits per heavy atom. The predicted molar refractivity (Wildman–Crippen MR) is 93.5 cm³/mol. The molecule has 0 bridgehead atoms. The van der Waals surface area contributed by atoms with E-state index in [1.807, 2.05) is 6.07 Å². The summed E-state index contributed by atoms with van der Waals surface area (Å²) in [6.45, 7) is 2.07. The van der Waals surface area contributed by atoms with Gasteiger partial charge in [0.25, 0.3) is 0 Å². The van der Waals surface area contributed by atoms with Crippen molar-refractivity contribution in [3.05, 3.63) is 70.3 Å². The van der Waals surface area contributed by atoms with Gasteiger partial charge in [0, 0.05) is 5.56 Å². The van der Waals surface area contributed by atoms with Gasteiger partial charge in [-0.2, -0.15) is 0 Å². The molecule has 0 aromatic heterocycles. The molecule has 0 spiro atoms. The van der Waals surface area contributed by atoms with Gasteiger partial charge in [-0.15, -0.1) is 13.2 Å². The monoisotopic (exact) mass is 382 g/mol. The molecule has 0 fully saturated rings. The first-order valence-corrected chi connectivity index (χ1v) is 8.82. The van der Waals surface area contributed by atoms with Crippen molar-refractivity contribution in [3.63, 3.8) is 0 Å². The molecule has 1 aliphatic rings. The third kappa shape index (κ3) is 4.49. The van der Waals surface area contributed by atoms with Crippen molar-refractivity contribution in [1.29, 1.82) is 0 Å². The number of alkyl halides is 3. The van der Waals surface area contributed by atoms with Crippen molar-refractivity contribution in [2.24, 2.45) is 0 Å². The average molecular weight is 382 g/mol. The zero-order chi connectivity index (χ0) is 19.6. The van der Waals surface area contributed by atoms with Crippen molar-refractivity contribution >= 4 is 5.57 Å². The molecule has 0 radical (unpaired) electrons. The highest BCUT2D eigenvalue weighted by molar-refractivity contribution is 5.71. The van der Waals surface area contributed by atoms with Crippen LogP contribution in [0.5, 0.6) is 5.75 Å². The summed E-state index contributed by atoms with van der Waals surface area (Å²) in [5, 5.41) is 0. The molecule has 6 heteroatoms. The normalized spacial score (nSPS) is 13.9. The Labute approximate surface area is 154 Å². The van der Waals surface area contributed by atoms with E-state index >= 15 is 0 Å². The highest BCUT2D eigenvalue weighted by atomic mass is 19.4. The smallest absolute Gasteiger partial charge is 0.403 e. The summed E-state index contributed by atoms with van der Waals surface area (Å²) >= 11 is 0. The summed E-state index contributed by atoms with van der Waals surface area (Å²) in [6, 6.07) is 7.48. The number of hydrogen-bond donors (Lipinski definition) is 0. The van der Waals surface area contributed by atoms with Crippen molar-refractivity contribution < 1.29 is 26.7 Å². The molecule has 0 N–H and O–H groups in total. The summed E-state index contributed by atoms with van der Waals surface area (Å²) in [5.74, 6) is -2.20. The Bertz CT molecular complexity index is 868. The minimum atomic E-state index is -4.95. The first kappa shape index (κ1) is 19.4. The molecule has 2 aromatic carbocycles. The zero-order valence-electron chi connectivity index (χ0n) is 14.8. The van der Waals surface area contributed by atoms with Crippen molar-refractivity contribution in [2.75, 3.05) is 0 Å². The van der Waals surface area contributed by atoms with Gasteiger partial charge in [0.05, 0.1) is 0 Å². The summed E-state index contributed by atoms with van der Waals surface area (Å²) in [6.07, 6.45) is -0.136. The molecule has 0 heterocycles. The summed E-state index contributed by atoms with van der Waals surface area (Å²) in [7, 11) is 0. The molecule has 1 aliphatic carbocycles. The van der Waals surface area contributed by atoms with Gasteiger partial charge in [-0.25, -0.2) is 8.78 Å². The fraction of sp³-hybridized carbons (Fsp3) is 0.333. The molecule has 27 heavy (non-hydrogen) atoms. The Morgan fingerprint density at radius 2 is 1.85 bits per heavy atom. The molecule has 0 aliphatic heterocycles. The number of allylic oxidation sites excluding steroid dienone is 2. The Hall–Kier alpha value is -2.37. The highest BCUT2D eigenvalue weighted by Crippen LogP contribution is 2.35. The van der Waals surface area contributed by atoms with E-state index in [-0.39, 0.29) is 24.2 Å². The third-order valence-corrected chi connectivity index (χ3v) is 4.66. The van der Waals surface area contributed by atoms with Gasteiger partial charge >= 0.3 is 6.36 Å². The molecule has 2 aromatic rings. The number of hydrogen-bond acceptors (Lipinski definition) is 1. The SMILES string of the molecule is CCCCc1ccc(C2=CCc3c(ccc(OC(F)(F)F)c3F)C2)c(F)c1. The van der Waals surface area contributed by atoms with Gasteiger partial charge in [0.2, 0.25) is 0 Å². The lowest BCUT2D eigenvalue weighted by Crippen LogP contribution is -2.19. The Kier molecular flexibility index (Phi) is 5.53.